The molecule has 1 amide bonds. The minimum absolute atomic E-state index is 0.129. The Labute approximate surface area is 218 Å². The van der Waals surface area contributed by atoms with Crippen LogP contribution in [-0.2, 0) is 9.22 Å². The van der Waals surface area contributed by atoms with Crippen molar-refractivity contribution in [2.75, 3.05) is 13.2 Å². The number of benzene rings is 2. The molecular formula is C28H35N3O5Si. The predicted octanol–water partition coefficient (Wildman–Crippen LogP) is 4.88. The van der Waals surface area contributed by atoms with Gasteiger partial charge in [-0.1, -0.05) is 51.1 Å². The number of fused-ring (bicyclic) bond motifs is 1. The highest BCUT2D eigenvalue weighted by Crippen LogP contribution is 2.40. The molecule has 0 spiro atoms. The molecule has 0 radical (unpaired) electrons. The number of nitriles is 1. The molecule has 3 N–H and O–H groups in total. The summed E-state index contributed by atoms with van der Waals surface area (Å²) in [5.74, 6) is -0.906. The van der Waals surface area contributed by atoms with Crippen LogP contribution in [0.25, 0.3) is 10.9 Å². The Hall–Kier alpha value is -3.45. The quantitative estimate of drug-likeness (QED) is 0.143. The monoisotopic (exact) mass is 521 g/mol. The van der Waals surface area contributed by atoms with Crippen molar-refractivity contribution in [3.05, 3.63) is 65.9 Å². The molecule has 8 nitrogen and oxygen atoms in total. The maximum absolute atomic E-state index is 13.1. The highest BCUT2D eigenvalue weighted by molar-refractivity contribution is 6.74. The molecule has 3 aromatic rings. The van der Waals surface area contributed by atoms with Crippen molar-refractivity contribution in [1.29, 1.82) is 5.26 Å². The summed E-state index contributed by atoms with van der Waals surface area (Å²) >= 11 is 0. The number of amides is 1. The number of ketones is 1. The third-order valence-corrected chi connectivity index (χ3v) is 11.3. The van der Waals surface area contributed by atoms with Crippen LogP contribution in [0.1, 0.15) is 49.2 Å². The normalized spacial score (nSPS) is 13.5. The van der Waals surface area contributed by atoms with Gasteiger partial charge in [-0.3, -0.25) is 9.59 Å². The number of hydrogen-bond donors (Lipinski definition) is 3. The number of aliphatic hydroxyl groups excluding tert-OH is 1. The number of H-pyrrole nitrogens is 1. The molecule has 37 heavy (non-hydrogen) atoms. The Morgan fingerprint density at radius 2 is 1.81 bits per heavy atom. The van der Waals surface area contributed by atoms with Gasteiger partial charge in [0, 0.05) is 17.1 Å². The first kappa shape index (κ1) is 28.1. The van der Waals surface area contributed by atoms with Crippen LogP contribution in [-0.4, -0.2) is 49.4 Å². The molecule has 0 aliphatic rings. The Balaban J connectivity index is 1.88. The lowest BCUT2D eigenvalue weighted by atomic mass is 10.0. The Morgan fingerprint density at radius 3 is 2.43 bits per heavy atom. The van der Waals surface area contributed by atoms with Crippen molar-refractivity contribution in [2.45, 2.75) is 57.5 Å². The van der Waals surface area contributed by atoms with Crippen molar-refractivity contribution in [3.63, 3.8) is 0 Å². The van der Waals surface area contributed by atoms with Gasteiger partial charge in [-0.05, 0) is 41.9 Å². The van der Waals surface area contributed by atoms with Gasteiger partial charge in [0.1, 0.15) is 12.4 Å². The lowest BCUT2D eigenvalue weighted by Gasteiger charge is -2.41. The van der Waals surface area contributed by atoms with E-state index in [1.54, 1.807) is 24.3 Å². The van der Waals surface area contributed by atoms with Crippen LogP contribution in [0.4, 0.5) is 0 Å². The standard InChI is InChI=1S/C28H35N3O5Si/c1-28(2,3)37(4,5)36-26(19-11-13-20(14-12-19)35-16-8-15-29)24(18-32)31-27(34)25(33)22-17-30-23-10-7-6-9-21(22)23/h6-7,9-14,17,24,26,30,32H,8,16,18H2,1-5H3,(H,31,34)/t24-,26-/m1/s1. The molecule has 1 heterocycles. The van der Waals surface area contributed by atoms with E-state index in [0.717, 1.165) is 11.1 Å². The van der Waals surface area contributed by atoms with Crippen molar-refractivity contribution in [1.82, 2.24) is 10.3 Å². The number of aromatic nitrogens is 1. The number of rotatable bonds is 11. The van der Waals surface area contributed by atoms with Crippen LogP contribution in [0.2, 0.25) is 18.1 Å². The number of Topliss-reactive ketones (excluding diaryl/α,β-unsaturated/α-hetero) is 1. The summed E-state index contributed by atoms with van der Waals surface area (Å²) in [7, 11) is -2.36. The van der Waals surface area contributed by atoms with Gasteiger partial charge >= 0.3 is 0 Å². The Bertz CT molecular complexity index is 1270. The fraction of sp³-hybridized carbons (Fsp3) is 0.393. The number of nitrogens with zero attached hydrogens (tertiary/aromatic N) is 1. The van der Waals surface area contributed by atoms with Gasteiger partial charge in [0.05, 0.1) is 36.8 Å². The topological polar surface area (TPSA) is 124 Å². The molecule has 0 saturated heterocycles. The van der Waals surface area contributed by atoms with Crippen LogP contribution in [0.15, 0.2) is 54.7 Å². The fourth-order valence-electron chi connectivity index (χ4n) is 3.68. The summed E-state index contributed by atoms with van der Waals surface area (Å²) in [6.45, 7) is 10.4. The van der Waals surface area contributed by atoms with Crippen molar-refractivity contribution in [3.8, 4) is 11.8 Å². The summed E-state index contributed by atoms with van der Waals surface area (Å²) in [6, 6.07) is 15.6. The van der Waals surface area contributed by atoms with Crippen molar-refractivity contribution >= 4 is 30.9 Å². The Morgan fingerprint density at radius 1 is 1.14 bits per heavy atom. The first-order valence-corrected chi connectivity index (χ1v) is 15.2. The smallest absolute Gasteiger partial charge is 0.292 e. The molecular weight excluding hydrogens is 486 g/mol. The largest absolute Gasteiger partial charge is 0.493 e. The van der Waals surface area contributed by atoms with E-state index in [0.29, 0.717) is 11.1 Å². The maximum atomic E-state index is 13.1. The number of aromatic amines is 1. The zero-order valence-electron chi connectivity index (χ0n) is 22.0. The number of aliphatic hydroxyl groups is 1. The number of carbonyl (C=O) groups is 2. The summed E-state index contributed by atoms with van der Waals surface area (Å²) in [4.78, 5) is 29.1. The van der Waals surface area contributed by atoms with Crippen LogP contribution in [0, 0.1) is 11.3 Å². The average Bonchev–Trinajstić information content (AvgIpc) is 3.29. The number of nitrogens with one attached hydrogen (secondary N) is 2. The second-order valence-electron chi connectivity index (χ2n) is 10.5. The van der Waals surface area contributed by atoms with Crippen LogP contribution in [0.5, 0.6) is 5.75 Å². The highest BCUT2D eigenvalue weighted by atomic mass is 28.4. The van der Waals surface area contributed by atoms with Crippen LogP contribution in [0.3, 0.4) is 0 Å². The first-order valence-electron chi connectivity index (χ1n) is 12.3. The molecule has 0 saturated carbocycles. The van der Waals surface area contributed by atoms with E-state index in [2.05, 4.69) is 44.2 Å². The highest BCUT2D eigenvalue weighted by Gasteiger charge is 2.42. The molecule has 1 aromatic heterocycles. The number of hydrogen-bond acceptors (Lipinski definition) is 6. The second kappa shape index (κ2) is 11.7. The van der Waals surface area contributed by atoms with E-state index in [1.807, 2.05) is 30.3 Å². The summed E-state index contributed by atoms with van der Waals surface area (Å²) in [5.41, 5.74) is 1.76. The van der Waals surface area contributed by atoms with Crippen LogP contribution >= 0.6 is 0 Å². The summed E-state index contributed by atoms with van der Waals surface area (Å²) < 4.78 is 12.3. The molecule has 196 valence electrons. The average molecular weight is 522 g/mol. The van der Waals surface area contributed by atoms with Gasteiger partial charge in [-0.2, -0.15) is 5.26 Å². The van der Waals surface area contributed by atoms with E-state index in [9.17, 15) is 14.7 Å². The number of ether oxygens (including phenoxy) is 1. The SMILES string of the molecule is CC(C)(C)[Si](C)(C)O[C@H](c1ccc(OCCC#N)cc1)[C@@H](CO)NC(=O)C(=O)c1c[nH]c2ccccc12. The number of para-hydroxylation sites is 1. The second-order valence-corrected chi connectivity index (χ2v) is 15.2. The van der Waals surface area contributed by atoms with E-state index in [1.165, 1.54) is 6.20 Å². The summed E-state index contributed by atoms with van der Waals surface area (Å²) in [6.07, 6.45) is 1.11. The van der Waals surface area contributed by atoms with E-state index in [4.69, 9.17) is 14.4 Å². The first-order chi connectivity index (χ1) is 17.5. The zero-order chi connectivity index (χ0) is 27.2. The predicted molar refractivity (Wildman–Crippen MR) is 145 cm³/mol. The Kier molecular flexibility index (Phi) is 8.92. The van der Waals surface area contributed by atoms with Gasteiger partial charge < -0.3 is 24.6 Å². The number of carbonyl (C=O) groups excluding carboxylic acids is 2. The van der Waals surface area contributed by atoms with Gasteiger partial charge in [0.15, 0.2) is 8.32 Å². The van der Waals surface area contributed by atoms with Gasteiger partial charge in [-0.15, -0.1) is 0 Å². The maximum Gasteiger partial charge on any atom is 0.292 e. The molecule has 3 rings (SSSR count). The fourth-order valence-corrected chi connectivity index (χ4v) is 4.97. The molecule has 0 fully saturated rings. The molecule has 2 atom stereocenters. The van der Waals surface area contributed by atoms with E-state index >= 15 is 0 Å². The minimum Gasteiger partial charge on any atom is -0.493 e. The van der Waals surface area contributed by atoms with Crippen LogP contribution < -0.4 is 10.1 Å². The molecule has 2 aromatic carbocycles. The lowest BCUT2D eigenvalue weighted by molar-refractivity contribution is -0.118. The molecule has 0 aliphatic heterocycles. The lowest BCUT2D eigenvalue weighted by Crippen LogP contribution is -2.50. The third kappa shape index (κ3) is 6.66. The molecule has 9 heteroatoms. The zero-order valence-corrected chi connectivity index (χ0v) is 23.0. The third-order valence-electron chi connectivity index (χ3n) is 6.84. The van der Waals surface area contributed by atoms with Gasteiger partial charge in [0.25, 0.3) is 11.7 Å². The van der Waals surface area contributed by atoms with E-state index < -0.39 is 38.8 Å². The van der Waals surface area contributed by atoms with Gasteiger partial charge in [-0.25, -0.2) is 0 Å². The van der Waals surface area contributed by atoms with E-state index in [-0.39, 0.29) is 23.6 Å². The molecule has 0 aliphatic carbocycles. The summed E-state index contributed by atoms with van der Waals surface area (Å²) in [5, 5.41) is 22.3. The van der Waals surface area contributed by atoms with Crippen molar-refractivity contribution < 1.29 is 23.9 Å². The van der Waals surface area contributed by atoms with Gasteiger partial charge in [0.2, 0.25) is 0 Å². The molecule has 0 bridgehead atoms. The van der Waals surface area contributed by atoms with Crippen molar-refractivity contribution in [2.24, 2.45) is 0 Å². The molecule has 0 unspecified atom stereocenters. The minimum atomic E-state index is -2.36.